The number of carboxylic acid groups (broad SMARTS) is 1. The second-order valence-electron chi connectivity index (χ2n) is 5.76. The molecule has 1 aliphatic carbocycles. The molecule has 1 amide bonds. The van der Waals surface area contributed by atoms with E-state index in [4.69, 9.17) is 9.52 Å². The lowest BCUT2D eigenvalue weighted by Crippen LogP contribution is -2.33. The number of furan rings is 1. The Kier molecular flexibility index (Phi) is 4.47. The summed E-state index contributed by atoms with van der Waals surface area (Å²) in [5, 5.41) is 11.9. The minimum Gasteiger partial charge on any atom is -0.481 e. The highest BCUT2D eigenvalue weighted by molar-refractivity contribution is 5.78. The number of carbonyl (C=O) groups excluding carboxylic acids is 1. The van der Waals surface area contributed by atoms with Crippen molar-refractivity contribution in [3.8, 4) is 0 Å². The van der Waals surface area contributed by atoms with Crippen molar-refractivity contribution in [2.24, 2.45) is 5.41 Å². The van der Waals surface area contributed by atoms with Crippen LogP contribution in [0.3, 0.4) is 0 Å². The van der Waals surface area contributed by atoms with E-state index >= 15 is 0 Å². The van der Waals surface area contributed by atoms with Crippen LogP contribution in [-0.2, 0) is 9.59 Å². The maximum absolute atomic E-state index is 12.1. The molecule has 5 nitrogen and oxygen atoms in total. The largest absolute Gasteiger partial charge is 0.481 e. The van der Waals surface area contributed by atoms with Crippen LogP contribution < -0.4 is 5.32 Å². The zero-order chi connectivity index (χ0) is 14.6. The summed E-state index contributed by atoms with van der Waals surface area (Å²) < 4.78 is 5.25. The van der Waals surface area contributed by atoms with E-state index in [9.17, 15) is 9.59 Å². The van der Waals surface area contributed by atoms with Crippen LogP contribution in [0.25, 0.3) is 0 Å². The van der Waals surface area contributed by atoms with Crippen LogP contribution in [0.1, 0.15) is 57.3 Å². The van der Waals surface area contributed by atoms with Crippen molar-refractivity contribution in [3.05, 3.63) is 24.2 Å². The third-order valence-corrected chi connectivity index (χ3v) is 4.07. The van der Waals surface area contributed by atoms with E-state index in [2.05, 4.69) is 5.32 Å². The molecular weight excluding hydrogens is 258 g/mol. The van der Waals surface area contributed by atoms with Gasteiger partial charge in [-0.3, -0.25) is 9.59 Å². The SMILES string of the molecule is CC(NC(=O)CC1(CC(=O)O)CCCC1)c1ccco1. The molecule has 0 spiro atoms. The second kappa shape index (κ2) is 6.11. The molecule has 20 heavy (non-hydrogen) atoms. The van der Waals surface area contributed by atoms with Gasteiger partial charge in [0.2, 0.25) is 5.91 Å². The summed E-state index contributed by atoms with van der Waals surface area (Å²) in [7, 11) is 0. The third kappa shape index (κ3) is 3.62. The lowest BCUT2D eigenvalue weighted by molar-refractivity contribution is -0.140. The van der Waals surface area contributed by atoms with Gasteiger partial charge in [-0.15, -0.1) is 0 Å². The molecule has 1 aliphatic rings. The molecule has 0 aliphatic heterocycles. The number of hydrogen-bond acceptors (Lipinski definition) is 3. The van der Waals surface area contributed by atoms with E-state index < -0.39 is 5.97 Å². The first-order valence-corrected chi connectivity index (χ1v) is 7.05. The fourth-order valence-electron chi connectivity index (χ4n) is 3.10. The molecule has 1 atom stereocenters. The average Bonchev–Trinajstić information content (AvgIpc) is 2.98. The van der Waals surface area contributed by atoms with Gasteiger partial charge < -0.3 is 14.8 Å². The Morgan fingerprint density at radius 1 is 1.40 bits per heavy atom. The van der Waals surface area contributed by atoms with Crippen LogP contribution in [0.4, 0.5) is 0 Å². The van der Waals surface area contributed by atoms with Crippen LogP contribution in [0.5, 0.6) is 0 Å². The van der Waals surface area contributed by atoms with Crippen LogP contribution in [0.2, 0.25) is 0 Å². The van der Waals surface area contributed by atoms with Gasteiger partial charge in [-0.25, -0.2) is 0 Å². The molecule has 0 bridgehead atoms. The Balaban J connectivity index is 1.93. The average molecular weight is 279 g/mol. The van der Waals surface area contributed by atoms with Crippen molar-refractivity contribution in [1.82, 2.24) is 5.32 Å². The lowest BCUT2D eigenvalue weighted by Gasteiger charge is -2.27. The predicted octanol–water partition coefficient (Wildman–Crippen LogP) is 2.88. The van der Waals surface area contributed by atoms with Crippen molar-refractivity contribution in [2.75, 3.05) is 0 Å². The third-order valence-electron chi connectivity index (χ3n) is 4.07. The maximum Gasteiger partial charge on any atom is 0.303 e. The minimum absolute atomic E-state index is 0.0789. The number of rotatable bonds is 6. The van der Waals surface area contributed by atoms with Gasteiger partial charge >= 0.3 is 5.97 Å². The maximum atomic E-state index is 12.1. The highest BCUT2D eigenvalue weighted by atomic mass is 16.4. The molecule has 1 unspecified atom stereocenters. The molecule has 0 radical (unpaired) electrons. The van der Waals surface area contributed by atoms with Crippen LogP contribution >= 0.6 is 0 Å². The van der Waals surface area contributed by atoms with Gasteiger partial charge in [0.15, 0.2) is 0 Å². The monoisotopic (exact) mass is 279 g/mol. The van der Waals surface area contributed by atoms with Crippen LogP contribution in [0, 0.1) is 5.41 Å². The quantitative estimate of drug-likeness (QED) is 0.839. The van der Waals surface area contributed by atoms with Gasteiger partial charge in [-0.1, -0.05) is 12.8 Å². The summed E-state index contributed by atoms with van der Waals surface area (Å²) in [6.07, 6.45) is 5.59. The van der Waals surface area contributed by atoms with E-state index in [-0.39, 0.29) is 30.2 Å². The van der Waals surface area contributed by atoms with Crippen molar-refractivity contribution in [1.29, 1.82) is 0 Å². The van der Waals surface area contributed by atoms with Gasteiger partial charge in [-0.2, -0.15) is 0 Å². The minimum atomic E-state index is -0.821. The zero-order valence-electron chi connectivity index (χ0n) is 11.7. The van der Waals surface area contributed by atoms with E-state index in [1.54, 1.807) is 12.3 Å². The predicted molar refractivity (Wildman–Crippen MR) is 73.0 cm³/mol. The highest BCUT2D eigenvalue weighted by Crippen LogP contribution is 2.44. The standard InChI is InChI=1S/C15H21NO4/c1-11(12-5-4-8-20-12)16-13(17)9-15(10-14(18)19)6-2-3-7-15/h4-5,8,11H,2-3,6-7,9-10H2,1H3,(H,16,17)(H,18,19). The topological polar surface area (TPSA) is 79.5 Å². The first-order chi connectivity index (χ1) is 9.51. The fraction of sp³-hybridized carbons (Fsp3) is 0.600. The van der Waals surface area contributed by atoms with Gasteiger partial charge in [0, 0.05) is 6.42 Å². The first-order valence-electron chi connectivity index (χ1n) is 7.05. The molecule has 0 saturated heterocycles. The zero-order valence-corrected chi connectivity index (χ0v) is 11.7. The van der Waals surface area contributed by atoms with Gasteiger partial charge in [-0.05, 0) is 37.3 Å². The first kappa shape index (κ1) is 14.6. The van der Waals surface area contributed by atoms with Gasteiger partial charge in [0.25, 0.3) is 0 Å². The number of amides is 1. The normalized spacial score (nSPS) is 18.6. The van der Waals surface area contributed by atoms with Gasteiger partial charge in [0.05, 0.1) is 18.7 Å². The van der Waals surface area contributed by atoms with Crippen LogP contribution in [0.15, 0.2) is 22.8 Å². The molecule has 110 valence electrons. The molecule has 1 fully saturated rings. The second-order valence-corrected chi connectivity index (χ2v) is 5.76. The Labute approximate surface area is 118 Å². The lowest BCUT2D eigenvalue weighted by atomic mass is 9.79. The van der Waals surface area contributed by atoms with Crippen molar-refractivity contribution >= 4 is 11.9 Å². The number of nitrogens with one attached hydrogen (secondary N) is 1. The number of aliphatic carboxylic acids is 1. The molecule has 2 rings (SSSR count). The smallest absolute Gasteiger partial charge is 0.303 e. The number of hydrogen-bond donors (Lipinski definition) is 2. The number of carbonyl (C=O) groups is 2. The summed E-state index contributed by atoms with van der Waals surface area (Å²) in [6.45, 7) is 1.86. The highest BCUT2D eigenvalue weighted by Gasteiger charge is 2.38. The van der Waals surface area contributed by atoms with E-state index in [1.165, 1.54) is 0 Å². The summed E-state index contributed by atoms with van der Waals surface area (Å²) in [6, 6.07) is 3.40. The molecule has 1 aromatic rings. The van der Waals surface area contributed by atoms with E-state index in [0.29, 0.717) is 5.76 Å². The van der Waals surface area contributed by atoms with Gasteiger partial charge in [0.1, 0.15) is 5.76 Å². The Bertz CT molecular complexity index is 460. The number of carboxylic acids is 1. The summed E-state index contributed by atoms with van der Waals surface area (Å²) in [5.74, 6) is -0.215. The summed E-state index contributed by atoms with van der Waals surface area (Å²) in [5.41, 5.74) is -0.362. The van der Waals surface area contributed by atoms with Crippen LogP contribution in [-0.4, -0.2) is 17.0 Å². The molecule has 1 aromatic heterocycles. The Morgan fingerprint density at radius 2 is 2.10 bits per heavy atom. The van der Waals surface area contributed by atoms with E-state index in [0.717, 1.165) is 25.7 Å². The molecular formula is C15H21NO4. The summed E-state index contributed by atoms with van der Waals surface area (Å²) in [4.78, 5) is 23.1. The molecule has 1 heterocycles. The molecule has 0 aromatic carbocycles. The van der Waals surface area contributed by atoms with Crippen molar-refractivity contribution < 1.29 is 19.1 Å². The molecule has 1 saturated carbocycles. The fourth-order valence-corrected chi connectivity index (χ4v) is 3.10. The van der Waals surface area contributed by atoms with E-state index in [1.807, 2.05) is 13.0 Å². The van der Waals surface area contributed by atoms with Crippen molar-refractivity contribution in [3.63, 3.8) is 0 Å². The Hall–Kier alpha value is -1.78. The molecule has 2 N–H and O–H groups in total. The summed E-state index contributed by atoms with van der Waals surface area (Å²) >= 11 is 0. The molecule has 5 heteroatoms. The Morgan fingerprint density at radius 3 is 2.65 bits per heavy atom. The van der Waals surface area contributed by atoms with Crippen molar-refractivity contribution in [2.45, 2.75) is 51.5 Å².